The van der Waals surface area contributed by atoms with Crippen molar-refractivity contribution in [2.75, 3.05) is 0 Å². The maximum atomic E-state index is 13.6. The summed E-state index contributed by atoms with van der Waals surface area (Å²) in [4.78, 5) is 28.6. The van der Waals surface area contributed by atoms with Crippen molar-refractivity contribution in [3.8, 4) is 0 Å². The van der Waals surface area contributed by atoms with Gasteiger partial charge in [0.05, 0.1) is 17.0 Å². The molecular weight excluding hydrogens is 429 g/mol. The van der Waals surface area contributed by atoms with Gasteiger partial charge < -0.3 is 9.32 Å². The standard InChI is InChI=1S/C26H19ClFNO3/c1-14-3-7-17(8-4-14)23-22-24(30)19-12-20(27)15(2)11-21(19)32-25(22)26(31)29(23)13-16-5-9-18(28)10-6-16/h3-12,23H,13H2,1-2H3. The van der Waals surface area contributed by atoms with E-state index in [0.717, 1.165) is 22.3 Å². The zero-order valence-corrected chi connectivity index (χ0v) is 18.2. The third-order valence-corrected chi connectivity index (χ3v) is 6.31. The highest BCUT2D eigenvalue weighted by Crippen LogP contribution is 2.39. The topological polar surface area (TPSA) is 50.5 Å². The molecule has 1 aliphatic rings. The largest absolute Gasteiger partial charge is 0.450 e. The van der Waals surface area contributed by atoms with Gasteiger partial charge in [0.25, 0.3) is 5.91 Å². The van der Waals surface area contributed by atoms with Crippen LogP contribution in [-0.4, -0.2) is 10.8 Å². The fourth-order valence-corrected chi connectivity index (χ4v) is 4.35. The van der Waals surface area contributed by atoms with Gasteiger partial charge in [-0.25, -0.2) is 4.39 Å². The molecule has 32 heavy (non-hydrogen) atoms. The number of nitrogens with zero attached hydrogens (tertiary/aromatic N) is 1. The molecule has 1 aliphatic heterocycles. The Hall–Kier alpha value is -3.44. The summed E-state index contributed by atoms with van der Waals surface area (Å²) in [6.07, 6.45) is 0. The van der Waals surface area contributed by atoms with Gasteiger partial charge in [-0.05, 0) is 54.8 Å². The van der Waals surface area contributed by atoms with Crippen molar-refractivity contribution in [3.63, 3.8) is 0 Å². The van der Waals surface area contributed by atoms with Crippen molar-refractivity contribution < 1.29 is 13.6 Å². The van der Waals surface area contributed by atoms with Gasteiger partial charge in [-0.3, -0.25) is 9.59 Å². The fourth-order valence-electron chi connectivity index (χ4n) is 4.19. The van der Waals surface area contributed by atoms with Crippen molar-refractivity contribution in [1.82, 2.24) is 4.90 Å². The van der Waals surface area contributed by atoms with Gasteiger partial charge in [0.15, 0.2) is 5.43 Å². The lowest BCUT2D eigenvalue weighted by Crippen LogP contribution is -2.29. The molecule has 0 radical (unpaired) electrons. The molecular formula is C26H19ClFNO3. The predicted octanol–water partition coefficient (Wildman–Crippen LogP) is 5.95. The lowest BCUT2D eigenvalue weighted by molar-refractivity contribution is 0.0714. The second-order valence-electron chi connectivity index (χ2n) is 8.14. The van der Waals surface area contributed by atoms with E-state index in [4.69, 9.17) is 16.0 Å². The maximum Gasteiger partial charge on any atom is 0.291 e. The number of halogens is 2. The summed E-state index contributed by atoms with van der Waals surface area (Å²) in [5.41, 5.74) is 3.73. The SMILES string of the molecule is Cc1ccc(C2c3c(oc4cc(C)c(Cl)cc4c3=O)C(=O)N2Cc2ccc(F)cc2)cc1. The van der Waals surface area contributed by atoms with Gasteiger partial charge >= 0.3 is 0 Å². The van der Waals surface area contributed by atoms with Crippen molar-refractivity contribution in [1.29, 1.82) is 0 Å². The van der Waals surface area contributed by atoms with E-state index in [2.05, 4.69) is 0 Å². The molecule has 4 aromatic rings. The number of carbonyl (C=O) groups excluding carboxylic acids is 1. The van der Waals surface area contributed by atoms with Gasteiger partial charge in [0.2, 0.25) is 5.76 Å². The first kappa shape index (κ1) is 20.5. The van der Waals surface area contributed by atoms with Gasteiger partial charge in [-0.2, -0.15) is 0 Å². The zero-order valence-electron chi connectivity index (χ0n) is 17.5. The molecule has 0 bridgehead atoms. The van der Waals surface area contributed by atoms with Crippen LogP contribution in [0.4, 0.5) is 4.39 Å². The third-order valence-electron chi connectivity index (χ3n) is 5.91. The molecule has 1 unspecified atom stereocenters. The summed E-state index contributed by atoms with van der Waals surface area (Å²) in [6.45, 7) is 3.99. The minimum atomic E-state index is -0.621. The van der Waals surface area contributed by atoms with Crippen molar-refractivity contribution >= 4 is 28.5 Å². The van der Waals surface area contributed by atoms with Crippen LogP contribution in [0.5, 0.6) is 0 Å². The van der Waals surface area contributed by atoms with Crippen LogP contribution in [0.25, 0.3) is 11.0 Å². The number of hydrogen-bond donors (Lipinski definition) is 0. The highest BCUT2D eigenvalue weighted by molar-refractivity contribution is 6.32. The Labute approximate surface area is 188 Å². The number of fused-ring (bicyclic) bond motifs is 2. The minimum Gasteiger partial charge on any atom is -0.450 e. The molecule has 0 spiro atoms. The molecule has 4 nitrogen and oxygen atoms in total. The van der Waals surface area contributed by atoms with Gasteiger partial charge in [0, 0.05) is 11.6 Å². The average molecular weight is 448 g/mol. The molecule has 0 saturated heterocycles. The molecule has 0 fully saturated rings. The third kappa shape index (κ3) is 3.30. The van der Waals surface area contributed by atoms with Crippen LogP contribution in [0, 0.1) is 19.7 Å². The number of carbonyl (C=O) groups is 1. The zero-order chi connectivity index (χ0) is 22.6. The van der Waals surface area contributed by atoms with Crippen molar-refractivity contribution in [2.24, 2.45) is 0 Å². The number of hydrogen-bond acceptors (Lipinski definition) is 3. The van der Waals surface area contributed by atoms with Gasteiger partial charge in [0.1, 0.15) is 11.4 Å². The average Bonchev–Trinajstić information content (AvgIpc) is 3.04. The highest BCUT2D eigenvalue weighted by Gasteiger charge is 2.42. The first-order valence-electron chi connectivity index (χ1n) is 10.2. The molecule has 6 heteroatoms. The summed E-state index contributed by atoms with van der Waals surface area (Å²) in [5, 5.41) is 0.803. The summed E-state index contributed by atoms with van der Waals surface area (Å²) in [6, 6.07) is 16.3. The van der Waals surface area contributed by atoms with Crippen LogP contribution >= 0.6 is 11.6 Å². The van der Waals surface area contributed by atoms with Crippen molar-refractivity contribution in [2.45, 2.75) is 26.4 Å². The Kier molecular flexibility index (Phi) is 4.86. The molecule has 160 valence electrons. The number of rotatable bonds is 3. The van der Waals surface area contributed by atoms with E-state index in [9.17, 15) is 14.0 Å². The lowest BCUT2D eigenvalue weighted by Gasteiger charge is -2.25. The second kappa shape index (κ2) is 7.61. The Morgan fingerprint density at radius 1 is 1.00 bits per heavy atom. The van der Waals surface area contributed by atoms with E-state index in [1.165, 1.54) is 12.1 Å². The summed E-state index contributed by atoms with van der Waals surface area (Å²) < 4.78 is 19.4. The van der Waals surface area contributed by atoms with Crippen molar-refractivity contribution in [3.05, 3.63) is 115 Å². The van der Waals surface area contributed by atoms with E-state index in [-0.39, 0.29) is 29.5 Å². The quantitative estimate of drug-likeness (QED) is 0.390. The van der Waals surface area contributed by atoms with E-state index >= 15 is 0 Å². The summed E-state index contributed by atoms with van der Waals surface area (Å²) in [5.74, 6) is -0.686. The summed E-state index contributed by atoms with van der Waals surface area (Å²) >= 11 is 6.27. The van der Waals surface area contributed by atoms with Crippen LogP contribution in [-0.2, 0) is 6.54 Å². The number of benzene rings is 3. The molecule has 0 saturated carbocycles. The Balaban J connectivity index is 1.73. The van der Waals surface area contributed by atoms with Crippen LogP contribution in [0.2, 0.25) is 5.02 Å². The molecule has 0 N–H and O–H groups in total. The first-order chi connectivity index (χ1) is 15.3. The highest BCUT2D eigenvalue weighted by atomic mass is 35.5. The van der Waals surface area contributed by atoms with Crippen LogP contribution < -0.4 is 5.43 Å². The molecule has 3 aromatic carbocycles. The first-order valence-corrected chi connectivity index (χ1v) is 10.6. The molecule has 1 aromatic heterocycles. The van der Waals surface area contributed by atoms with Crippen LogP contribution in [0.3, 0.4) is 0 Å². The monoisotopic (exact) mass is 447 g/mol. The second-order valence-corrected chi connectivity index (χ2v) is 8.55. The molecule has 0 aliphatic carbocycles. The van der Waals surface area contributed by atoms with E-state index in [0.29, 0.717) is 21.6 Å². The molecule has 5 rings (SSSR count). The van der Waals surface area contributed by atoms with Crippen LogP contribution in [0.15, 0.2) is 69.9 Å². The van der Waals surface area contributed by atoms with E-state index < -0.39 is 6.04 Å². The van der Waals surface area contributed by atoms with Gasteiger partial charge in [-0.15, -0.1) is 0 Å². The molecule has 1 atom stereocenters. The molecule has 1 amide bonds. The van der Waals surface area contributed by atoms with Crippen LogP contribution in [0.1, 0.15) is 44.4 Å². The number of aryl methyl sites for hydroxylation is 2. The molecule has 2 heterocycles. The normalized spacial score (nSPS) is 15.4. The fraction of sp³-hybridized carbons (Fsp3) is 0.154. The smallest absolute Gasteiger partial charge is 0.291 e. The number of amides is 1. The predicted molar refractivity (Wildman–Crippen MR) is 122 cm³/mol. The summed E-state index contributed by atoms with van der Waals surface area (Å²) in [7, 11) is 0. The minimum absolute atomic E-state index is 0.0388. The maximum absolute atomic E-state index is 13.6. The van der Waals surface area contributed by atoms with E-state index in [1.54, 1.807) is 29.2 Å². The Bertz CT molecular complexity index is 1430. The lowest BCUT2D eigenvalue weighted by atomic mass is 9.97. The Morgan fingerprint density at radius 2 is 1.69 bits per heavy atom. The Morgan fingerprint density at radius 3 is 2.38 bits per heavy atom. The van der Waals surface area contributed by atoms with Gasteiger partial charge in [-0.1, -0.05) is 53.6 Å². The van der Waals surface area contributed by atoms with E-state index in [1.807, 2.05) is 38.1 Å².